The molecule has 2 heterocycles. The zero-order valence-corrected chi connectivity index (χ0v) is 13.3. The molecular formula is C16H18ClFN4O. The highest BCUT2D eigenvalue weighted by Gasteiger charge is 2.21. The van der Waals surface area contributed by atoms with Crippen molar-refractivity contribution in [2.75, 3.05) is 18.4 Å². The summed E-state index contributed by atoms with van der Waals surface area (Å²) in [4.78, 5) is 12.3. The maximum Gasteiger partial charge on any atom is 0.229 e. The third-order valence-corrected chi connectivity index (χ3v) is 4.26. The highest BCUT2D eigenvalue weighted by molar-refractivity contribution is 6.30. The van der Waals surface area contributed by atoms with E-state index in [0.29, 0.717) is 18.9 Å². The van der Waals surface area contributed by atoms with Gasteiger partial charge in [0.05, 0.1) is 23.7 Å². The smallest absolute Gasteiger partial charge is 0.229 e. The van der Waals surface area contributed by atoms with Crippen LogP contribution in [0, 0.1) is 11.7 Å². The van der Waals surface area contributed by atoms with Crippen LogP contribution in [-0.2, 0) is 11.3 Å². The number of amides is 1. The van der Waals surface area contributed by atoms with Gasteiger partial charge in [0.15, 0.2) is 0 Å². The predicted molar refractivity (Wildman–Crippen MR) is 87.0 cm³/mol. The zero-order valence-electron chi connectivity index (χ0n) is 12.6. The van der Waals surface area contributed by atoms with E-state index in [1.54, 1.807) is 23.0 Å². The Morgan fingerprint density at radius 2 is 2.35 bits per heavy atom. The van der Waals surface area contributed by atoms with Crippen molar-refractivity contribution < 1.29 is 9.18 Å². The van der Waals surface area contributed by atoms with Crippen LogP contribution in [0.25, 0.3) is 0 Å². The summed E-state index contributed by atoms with van der Waals surface area (Å²) in [6.45, 7) is 2.02. The van der Waals surface area contributed by atoms with Gasteiger partial charge < -0.3 is 10.6 Å². The fourth-order valence-electron chi connectivity index (χ4n) is 2.68. The van der Waals surface area contributed by atoms with Crippen molar-refractivity contribution in [3.63, 3.8) is 0 Å². The van der Waals surface area contributed by atoms with Crippen LogP contribution in [-0.4, -0.2) is 28.8 Å². The van der Waals surface area contributed by atoms with Crippen molar-refractivity contribution in [2.45, 2.75) is 19.4 Å². The normalized spacial score (nSPS) is 17.9. The lowest BCUT2D eigenvalue weighted by Gasteiger charge is -2.22. The minimum Gasteiger partial charge on any atom is -0.316 e. The number of anilines is 1. The third-order valence-electron chi connectivity index (χ3n) is 3.95. The molecule has 3 rings (SSSR count). The molecule has 1 amide bonds. The van der Waals surface area contributed by atoms with Gasteiger partial charge in [-0.3, -0.25) is 4.79 Å². The fraction of sp³-hybridized carbons (Fsp3) is 0.375. The highest BCUT2D eigenvalue weighted by Crippen LogP contribution is 2.18. The number of carbonyl (C=O) groups excluding carboxylic acids is 1. The van der Waals surface area contributed by atoms with Crippen LogP contribution in [0.15, 0.2) is 30.5 Å². The van der Waals surface area contributed by atoms with Crippen molar-refractivity contribution in [3.05, 3.63) is 46.9 Å². The molecule has 122 valence electrons. The maximum atomic E-state index is 13.5. The maximum absolute atomic E-state index is 13.5. The average molecular weight is 337 g/mol. The second-order valence-electron chi connectivity index (χ2n) is 5.66. The van der Waals surface area contributed by atoms with E-state index in [4.69, 9.17) is 11.6 Å². The Balaban J connectivity index is 1.69. The molecule has 0 bridgehead atoms. The number of rotatable bonds is 4. The lowest BCUT2D eigenvalue weighted by Crippen LogP contribution is -2.37. The number of halogens is 2. The topological polar surface area (TPSA) is 59.0 Å². The van der Waals surface area contributed by atoms with Crippen molar-refractivity contribution in [3.8, 4) is 0 Å². The van der Waals surface area contributed by atoms with Gasteiger partial charge >= 0.3 is 0 Å². The van der Waals surface area contributed by atoms with Gasteiger partial charge in [-0.05, 0) is 37.1 Å². The van der Waals surface area contributed by atoms with Crippen LogP contribution in [0.2, 0.25) is 5.02 Å². The van der Waals surface area contributed by atoms with E-state index in [1.165, 1.54) is 12.1 Å². The SMILES string of the molecule is O=C(Nc1ccnn1Cc1ccc(Cl)c(F)c1)C1CCCNC1. The molecule has 7 heteroatoms. The number of carbonyl (C=O) groups is 1. The second kappa shape index (κ2) is 7.10. The van der Waals surface area contributed by atoms with E-state index in [-0.39, 0.29) is 16.8 Å². The summed E-state index contributed by atoms with van der Waals surface area (Å²) < 4.78 is 15.2. The van der Waals surface area contributed by atoms with Gasteiger partial charge in [0.2, 0.25) is 5.91 Å². The average Bonchev–Trinajstić information content (AvgIpc) is 2.98. The molecule has 2 N–H and O–H groups in total. The van der Waals surface area contributed by atoms with Crippen molar-refractivity contribution >= 4 is 23.3 Å². The lowest BCUT2D eigenvalue weighted by molar-refractivity contribution is -0.120. The number of hydrogen-bond acceptors (Lipinski definition) is 3. The molecule has 0 spiro atoms. The van der Waals surface area contributed by atoms with Crippen molar-refractivity contribution in [1.82, 2.24) is 15.1 Å². The summed E-state index contributed by atoms with van der Waals surface area (Å²) in [5.41, 5.74) is 0.727. The summed E-state index contributed by atoms with van der Waals surface area (Å²) in [6.07, 6.45) is 3.50. The molecule has 5 nitrogen and oxygen atoms in total. The number of piperidine rings is 1. The Bertz CT molecular complexity index is 697. The molecule has 1 saturated heterocycles. The molecule has 1 aliphatic rings. The number of hydrogen-bond donors (Lipinski definition) is 2. The minimum atomic E-state index is -0.463. The molecular weight excluding hydrogens is 319 g/mol. The first kappa shape index (κ1) is 16.0. The Hall–Kier alpha value is -1.92. The van der Waals surface area contributed by atoms with Gasteiger partial charge in [-0.1, -0.05) is 17.7 Å². The molecule has 1 aliphatic heterocycles. The molecule has 0 radical (unpaired) electrons. The quantitative estimate of drug-likeness (QED) is 0.902. The monoisotopic (exact) mass is 336 g/mol. The number of aromatic nitrogens is 2. The third kappa shape index (κ3) is 3.89. The standard InChI is InChI=1S/C16H18ClFN4O/c17-13-4-3-11(8-14(13)18)10-22-15(5-7-20-22)21-16(23)12-2-1-6-19-9-12/h3-5,7-8,12,19H,1-2,6,9-10H2,(H,21,23). The van der Waals surface area contributed by atoms with Crippen molar-refractivity contribution in [1.29, 1.82) is 0 Å². The Kier molecular flexibility index (Phi) is 4.93. The highest BCUT2D eigenvalue weighted by atomic mass is 35.5. The van der Waals surface area contributed by atoms with E-state index >= 15 is 0 Å². The molecule has 1 atom stereocenters. The molecule has 0 saturated carbocycles. The van der Waals surface area contributed by atoms with Crippen molar-refractivity contribution in [2.24, 2.45) is 5.92 Å². The first-order valence-corrected chi connectivity index (χ1v) is 7.98. The Morgan fingerprint density at radius 3 is 3.09 bits per heavy atom. The number of nitrogens with zero attached hydrogens (tertiary/aromatic N) is 2. The summed E-state index contributed by atoms with van der Waals surface area (Å²) in [7, 11) is 0. The predicted octanol–water partition coefficient (Wildman–Crippen LogP) is 2.66. The Morgan fingerprint density at radius 1 is 1.48 bits per heavy atom. The van der Waals surface area contributed by atoms with Gasteiger partial charge in [-0.15, -0.1) is 0 Å². The Labute approximate surface area is 138 Å². The molecule has 2 aromatic rings. The number of nitrogens with one attached hydrogen (secondary N) is 2. The lowest BCUT2D eigenvalue weighted by atomic mass is 9.99. The van der Waals surface area contributed by atoms with Crippen LogP contribution in [0.4, 0.5) is 10.2 Å². The largest absolute Gasteiger partial charge is 0.316 e. The van der Waals surface area contributed by atoms with Crippen LogP contribution in [0.5, 0.6) is 0 Å². The molecule has 1 aromatic heterocycles. The van der Waals surface area contributed by atoms with Gasteiger partial charge in [-0.2, -0.15) is 5.10 Å². The molecule has 23 heavy (non-hydrogen) atoms. The van der Waals surface area contributed by atoms with Crippen LogP contribution < -0.4 is 10.6 Å². The first-order valence-electron chi connectivity index (χ1n) is 7.61. The van der Waals surface area contributed by atoms with Gasteiger partial charge in [0.1, 0.15) is 11.6 Å². The van der Waals surface area contributed by atoms with E-state index in [2.05, 4.69) is 15.7 Å². The van der Waals surface area contributed by atoms with E-state index in [0.717, 1.165) is 24.9 Å². The molecule has 1 unspecified atom stereocenters. The second-order valence-corrected chi connectivity index (χ2v) is 6.06. The van der Waals surface area contributed by atoms with E-state index in [1.807, 2.05) is 0 Å². The summed E-state index contributed by atoms with van der Waals surface area (Å²) >= 11 is 5.69. The molecule has 1 fully saturated rings. The van der Waals surface area contributed by atoms with Gasteiger partial charge in [0.25, 0.3) is 0 Å². The summed E-state index contributed by atoms with van der Waals surface area (Å²) in [6, 6.07) is 6.37. The number of benzene rings is 1. The first-order chi connectivity index (χ1) is 11.1. The molecule has 1 aromatic carbocycles. The van der Waals surface area contributed by atoms with Crippen LogP contribution >= 0.6 is 11.6 Å². The molecule has 0 aliphatic carbocycles. The minimum absolute atomic E-state index is 0.0127. The van der Waals surface area contributed by atoms with E-state index in [9.17, 15) is 9.18 Å². The van der Waals surface area contributed by atoms with Crippen LogP contribution in [0.3, 0.4) is 0 Å². The van der Waals surface area contributed by atoms with Crippen LogP contribution in [0.1, 0.15) is 18.4 Å². The van der Waals surface area contributed by atoms with Gasteiger partial charge in [-0.25, -0.2) is 9.07 Å². The summed E-state index contributed by atoms with van der Waals surface area (Å²) in [5.74, 6) is 0.104. The van der Waals surface area contributed by atoms with Gasteiger partial charge in [0, 0.05) is 12.6 Å². The zero-order chi connectivity index (χ0) is 16.2. The van der Waals surface area contributed by atoms with E-state index < -0.39 is 5.82 Å². The summed E-state index contributed by atoms with van der Waals surface area (Å²) in [5, 5.41) is 10.4. The fourth-order valence-corrected chi connectivity index (χ4v) is 2.80.